The third kappa shape index (κ3) is 1.79. The van der Waals surface area contributed by atoms with Crippen LogP contribution in [-0.4, -0.2) is 18.1 Å². The minimum Gasteiger partial charge on any atom is -0.369 e. The fraction of sp³-hybridized carbons (Fsp3) is 0.500. The Morgan fingerprint density at radius 3 is 2.69 bits per heavy atom. The van der Waals surface area contributed by atoms with Crippen LogP contribution in [0.1, 0.15) is 19.3 Å². The zero-order valence-electron chi connectivity index (χ0n) is 7.54. The number of rotatable bonds is 1. The Morgan fingerprint density at radius 2 is 2.00 bits per heavy atom. The number of aromatic nitrogens is 1. The molecular formula is C10H13FN2. The van der Waals surface area contributed by atoms with Crippen LogP contribution >= 0.6 is 0 Å². The van der Waals surface area contributed by atoms with Crippen molar-refractivity contribution in [3.05, 3.63) is 24.3 Å². The van der Waals surface area contributed by atoms with E-state index in [0.29, 0.717) is 5.69 Å². The van der Waals surface area contributed by atoms with Gasteiger partial charge in [-0.3, -0.25) is 4.98 Å². The molecule has 1 aromatic rings. The van der Waals surface area contributed by atoms with E-state index >= 15 is 0 Å². The van der Waals surface area contributed by atoms with Crippen LogP contribution in [0.4, 0.5) is 10.1 Å². The van der Waals surface area contributed by atoms with Crippen LogP contribution in [-0.2, 0) is 0 Å². The maximum Gasteiger partial charge on any atom is 0.164 e. The van der Waals surface area contributed by atoms with Crippen molar-refractivity contribution in [3.8, 4) is 0 Å². The Morgan fingerprint density at radius 1 is 1.23 bits per heavy atom. The van der Waals surface area contributed by atoms with Crippen molar-refractivity contribution in [3.63, 3.8) is 0 Å². The first-order chi connectivity index (χ1) is 6.38. The van der Waals surface area contributed by atoms with E-state index in [1.807, 2.05) is 0 Å². The molecule has 70 valence electrons. The second-order valence-electron chi connectivity index (χ2n) is 3.37. The van der Waals surface area contributed by atoms with Gasteiger partial charge in [0.2, 0.25) is 0 Å². The van der Waals surface area contributed by atoms with Gasteiger partial charge in [0.05, 0.1) is 11.9 Å². The van der Waals surface area contributed by atoms with Crippen LogP contribution in [0.5, 0.6) is 0 Å². The molecule has 0 saturated carbocycles. The molecule has 1 aliphatic heterocycles. The van der Waals surface area contributed by atoms with Gasteiger partial charge in [-0.2, -0.15) is 0 Å². The SMILES string of the molecule is Fc1cnccc1N1CCCCC1. The average molecular weight is 180 g/mol. The molecule has 0 spiro atoms. The van der Waals surface area contributed by atoms with E-state index in [1.54, 1.807) is 12.3 Å². The van der Waals surface area contributed by atoms with Gasteiger partial charge in [0.25, 0.3) is 0 Å². The van der Waals surface area contributed by atoms with Gasteiger partial charge in [0.1, 0.15) is 0 Å². The summed E-state index contributed by atoms with van der Waals surface area (Å²) in [5, 5.41) is 0. The molecule has 0 aromatic carbocycles. The van der Waals surface area contributed by atoms with E-state index in [-0.39, 0.29) is 5.82 Å². The minimum absolute atomic E-state index is 0.204. The van der Waals surface area contributed by atoms with Gasteiger partial charge in [-0.1, -0.05) is 0 Å². The van der Waals surface area contributed by atoms with Crippen molar-refractivity contribution >= 4 is 5.69 Å². The van der Waals surface area contributed by atoms with Gasteiger partial charge in [-0.05, 0) is 25.3 Å². The highest BCUT2D eigenvalue weighted by Crippen LogP contribution is 2.21. The first-order valence-corrected chi connectivity index (χ1v) is 4.72. The van der Waals surface area contributed by atoms with Crippen LogP contribution in [0.2, 0.25) is 0 Å². The Balaban J connectivity index is 2.18. The monoisotopic (exact) mass is 180 g/mol. The van der Waals surface area contributed by atoms with Crippen LogP contribution in [0.15, 0.2) is 18.5 Å². The van der Waals surface area contributed by atoms with Gasteiger partial charge in [0.15, 0.2) is 5.82 Å². The zero-order chi connectivity index (χ0) is 9.10. The molecule has 13 heavy (non-hydrogen) atoms. The lowest BCUT2D eigenvalue weighted by Gasteiger charge is -2.28. The van der Waals surface area contributed by atoms with E-state index in [1.165, 1.54) is 25.5 Å². The number of hydrogen-bond acceptors (Lipinski definition) is 2. The molecule has 0 unspecified atom stereocenters. The fourth-order valence-corrected chi connectivity index (χ4v) is 1.76. The molecule has 0 atom stereocenters. The molecule has 3 heteroatoms. The van der Waals surface area contributed by atoms with Gasteiger partial charge in [0, 0.05) is 19.3 Å². The Kier molecular flexibility index (Phi) is 2.43. The number of halogens is 1. The van der Waals surface area contributed by atoms with Crippen molar-refractivity contribution in [2.45, 2.75) is 19.3 Å². The Hall–Kier alpha value is -1.12. The van der Waals surface area contributed by atoms with Crippen molar-refractivity contribution in [2.75, 3.05) is 18.0 Å². The summed E-state index contributed by atoms with van der Waals surface area (Å²) in [4.78, 5) is 5.84. The molecule has 1 aliphatic rings. The summed E-state index contributed by atoms with van der Waals surface area (Å²) in [7, 11) is 0. The molecule has 2 nitrogen and oxygen atoms in total. The zero-order valence-corrected chi connectivity index (χ0v) is 7.54. The summed E-state index contributed by atoms with van der Waals surface area (Å²) < 4.78 is 13.3. The second-order valence-corrected chi connectivity index (χ2v) is 3.37. The van der Waals surface area contributed by atoms with Crippen LogP contribution in [0, 0.1) is 5.82 Å². The molecule has 0 radical (unpaired) electrons. The van der Waals surface area contributed by atoms with Gasteiger partial charge in [-0.25, -0.2) is 4.39 Å². The summed E-state index contributed by atoms with van der Waals surface area (Å²) >= 11 is 0. The van der Waals surface area contributed by atoms with Crippen molar-refractivity contribution in [1.82, 2.24) is 4.98 Å². The highest BCUT2D eigenvalue weighted by atomic mass is 19.1. The molecule has 1 fully saturated rings. The van der Waals surface area contributed by atoms with Gasteiger partial charge in [-0.15, -0.1) is 0 Å². The standard InChI is InChI=1S/C10H13FN2/c11-9-8-12-5-4-10(9)13-6-2-1-3-7-13/h4-5,8H,1-3,6-7H2. The normalized spacial score (nSPS) is 17.5. The largest absolute Gasteiger partial charge is 0.369 e. The lowest BCUT2D eigenvalue weighted by atomic mass is 10.1. The lowest BCUT2D eigenvalue weighted by molar-refractivity contribution is 0.555. The Bertz CT molecular complexity index is 282. The summed E-state index contributed by atoms with van der Waals surface area (Å²) in [6.07, 6.45) is 6.53. The number of anilines is 1. The molecule has 0 bridgehead atoms. The third-order valence-electron chi connectivity index (χ3n) is 2.45. The molecule has 1 aromatic heterocycles. The summed E-state index contributed by atoms with van der Waals surface area (Å²) in [5.41, 5.74) is 0.703. The van der Waals surface area contributed by atoms with Gasteiger partial charge < -0.3 is 4.90 Å². The van der Waals surface area contributed by atoms with Crippen molar-refractivity contribution < 1.29 is 4.39 Å². The fourth-order valence-electron chi connectivity index (χ4n) is 1.76. The highest BCUT2D eigenvalue weighted by Gasteiger charge is 2.13. The second kappa shape index (κ2) is 3.73. The maximum atomic E-state index is 13.3. The summed E-state index contributed by atoms with van der Waals surface area (Å²) in [5.74, 6) is -0.204. The first kappa shape index (κ1) is 8.48. The number of nitrogens with zero attached hydrogens (tertiary/aromatic N) is 2. The van der Waals surface area contributed by atoms with Crippen molar-refractivity contribution in [1.29, 1.82) is 0 Å². The lowest BCUT2D eigenvalue weighted by Crippen LogP contribution is -2.30. The highest BCUT2D eigenvalue weighted by molar-refractivity contribution is 5.46. The van der Waals surface area contributed by atoms with Crippen LogP contribution < -0.4 is 4.90 Å². The summed E-state index contributed by atoms with van der Waals surface area (Å²) in [6.45, 7) is 1.95. The smallest absolute Gasteiger partial charge is 0.164 e. The van der Waals surface area contributed by atoms with E-state index in [4.69, 9.17) is 0 Å². The predicted molar refractivity (Wildman–Crippen MR) is 50.3 cm³/mol. The average Bonchev–Trinajstić information content (AvgIpc) is 2.20. The predicted octanol–water partition coefficient (Wildman–Crippen LogP) is 2.21. The molecule has 1 saturated heterocycles. The van der Waals surface area contributed by atoms with E-state index in [0.717, 1.165) is 13.1 Å². The third-order valence-corrected chi connectivity index (χ3v) is 2.45. The molecule has 2 heterocycles. The first-order valence-electron chi connectivity index (χ1n) is 4.72. The minimum atomic E-state index is -0.204. The molecule has 2 rings (SSSR count). The van der Waals surface area contributed by atoms with Crippen LogP contribution in [0.3, 0.4) is 0 Å². The summed E-state index contributed by atoms with van der Waals surface area (Å²) in [6, 6.07) is 1.75. The maximum absolute atomic E-state index is 13.3. The molecular weight excluding hydrogens is 167 g/mol. The van der Waals surface area contributed by atoms with Crippen molar-refractivity contribution in [2.24, 2.45) is 0 Å². The molecule has 0 N–H and O–H groups in total. The number of pyridine rings is 1. The van der Waals surface area contributed by atoms with E-state index < -0.39 is 0 Å². The van der Waals surface area contributed by atoms with Crippen LogP contribution in [0.25, 0.3) is 0 Å². The van der Waals surface area contributed by atoms with E-state index in [2.05, 4.69) is 9.88 Å². The molecule has 0 amide bonds. The topological polar surface area (TPSA) is 16.1 Å². The molecule has 0 aliphatic carbocycles. The quantitative estimate of drug-likeness (QED) is 0.658. The van der Waals surface area contributed by atoms with E-state index in [9.17, 15) is 4.39 Å². The Labute approximate surface area is 77.4 Å². The van der Waals surface area contributed by atoms with Gasteiger partial charge >= 0.3 is 0 Å². The number of piperidine rings is 1. The number of hydrogen-bond donors (Lipinski definition) is 0.